The second-order valence-electron chi connectivity index (χ2n) is 7.31. The molecule has 146 valence electrons. The number of nitrogens with zero attached hydrogens (tertiary/aromatic N) is 2. The molecule has 0 radical (unpaired) electrons. The number of fused-ring (bicyclic) bond motifs is 1. The van der Waals surface area contributed by atoms with Gasteiger partial charge < -0.3 is 5.32 Å². The number of aryl methyl sites for hydroxylation is 1. The Labute approximate surface area is 169 Å². The van der Waals surface area contributed by atoms with Crippen LogP contribution < -0.4 is 5.32 Å². The molecular formula is C24H22FN3O. The van der Waals surface area contributed by atoms with Crippen LogP contribution in [0, 0.1) is 12.7 Å². The lowest BCUT2D eigenvalue weighted by atomic mass is 10.1. The number of hydrogen-bond acceptors (Lipinski definition) is 2. The van der Waals surface area contributed by atoms with Gasteiger partial charge in [-0.1, -0.05) is 48.0 Å². The number of aromatic nitrogens is 2. The van der Waals surface area contributed by atoms with Gasteiger partial charge in [0.25, 0.3) is 5.91 Å². The van der Waals surface area contributed by atoms with Gasteiger partial charge in [0.1, 0.15) is 5.82 Å². The summed E-state index contributed by atoms with van der Waals surface area (Å²) in [6.07, 6.45) is 1.81. The van der Waals surface area contributed by atoms with Crippen molar-refractivity contribution in [1.82, 2.24) is 15.1 Å². The van der Waals surface area contributed by atoms with Crippen molar-refractivity contribution in [3.8, 4) is 0 Å². The van der Waals surface area contributed by atoms with Gasteiger partial charge in [0.05, 0.1) is 24.3 Å². The van der Waals surface area contributed by atoms with E-state index in [1.54, 1.807) is 18.2 Å². The Morgan fingerprint density at radius 2 is 1.79 bits per heavy atom. The minimum atomic E-state index is -0.292. The predicted octanol–water partition coefficient (Wildman–Crippen LogP) is 5.02. The topological polar surface area (TPSA) is 46.9 Å². The summed E-state index contributed by atoms with van der Waals surface area (Å²) in [5, 5.41) is 8.44. The second kappa shape index (κ2) is 7.87. The monoisotopic (exact) mass is 387 g/mol. The van der Waals surface area contributed by atoms with E-state index in [2.05, 4.69) is 41.6 Å². The van der Waals surface area contributed by atoms with Crippen molar-refractivity contribution in [2.75, 3.05) is 0 Å². The molecule has 4 aromatic rings. The van der Waals surface area contributed by atoms with Crippen molar-refractivity contribution in [3.05, 3.63) is 101 Å². The van der Waals surface area contributed by atoms with E-state index < -0.39 is 0 Å². The van der Waals surface area contributed by atoms with Crippen LogP contribution in [-0.2, 0) is 6.54 Å². The lowest BCUT2D eigenvalue weighted by molar-refractivity contribution is 0.0940. The van der Waals surface area contributed by atoms with Crippen molar-refractivity contribution in [2.24, 2.45) is 0 Å². The van der Waals surface area contributed by atoms with Gasteiger partial charge in [-0.25, -0.2) is 4.39 Å². The molecule has 5 heteroatoms. The molecule has 1 heterocycles. The van der Waals surface area contributed by atoms with Gasteiger partial charge in [0.2, 0.25) is 0 Å². The number of rotatable bonds is 5. The molecule has 0 aliphatic carbocycles. The van der Waals surface area contributed by atoms with Crippen LogP contribution in [0.5, 0.6) is 0 Å². The maximum absolute atomic E-state index is 13.1. The molecular weight excluding hydrogens is 365 g/mol. The number of carbonyl (C=O) groups is 1. The number of hydrogen-bond donors (Lipinski definition) is 1. The average molecular weight is 387 g/mol. The summed E-state index contributed by atoms with van der Waals surface area (Å²) in [7, 11) is 0. The van der Waals surface area contributed by atoms with Crippen molar-refractivity contribution >= 4 is 16.8 Å². The van der Waals surface area contributed by atoms with E-state index >= 15 is 0 Å². The molecule has 0 aliphatic rings. The van der Waals surface area contributed by atoms with E-state index in [-0.39, 0.29) is 17.8 Å². The normalized spacial score (nSPS) is 12.1. The lowest BCUT2D eigenvalue weighted by Crippen LogP contribution is -2.26. The smallest absolute Gasteiger partial charge is 0.251 e. The molecule has 0 spiro atoms. The minimum absolute atomic E-state index is 0.174. The van der Waals surface area contributed by atoms with Gasteiger partial charge in [-0.3, -0.25) is 9.48 Å². The van der Waals surface area contributed by atoms with Crippen molar-refractivity contribution in [2.45, 2.75) is 26.4 Å². The fourth-order valence-electron chi connectivity index (χ4n) is 3.32. The highest BCUT2D eigenvalue weighted by Gasteiger charge is 2.13. The van der Waals surface area contributed by atoms with E-state index in [4.69, 9.17) is 0 Å². The quantitative estimate of drug-likeness (QED) is 0.522. The average Bonchev–Trinajstić information content (AvgIpc) is 3.12. The van der Waals surface area contributed by atoms with Crippen LogP contribution in [0.1, 0.15) is 40.0 Å². The summed E-state index contributed by atoms with van der Waals surface area (Å²) in [5.74, 6) is -0.466. The van der Waals surface area contributed by atoms with Gasteiger partial charge in [-0.05, 0) is 49.2 Å². The third-order valence-corrected chi connectivity index (χ3v) is 5.08. The Kier molecular flexibility index (Phi) is 5.12. The molecule has 0 aliphatic heterocycles. The highest BCUT2D eigenvalue weighted by molar-refractivity contribution is 5.98. The molecule has 0 fully saturated rings. The minimum Gasteiger partial charge on any atom is -0.346 e. The van der Waals surface area contributed by atoms with Gasteiger partial charge in [-0.15, -0.1) is 0 Å². The van der Waals surface area contributed by atoms with Crippen LogP contribution in [0.2, 0.25) is 0 Å². The molecule has 0 saturated carbocycles. The molecule has 29 heavy (non-hydrogen) atoms. The Balaban J connectivity index is 1.55. The molecule has 1 unspecified atom stereocenters. The zero-order chi connectivity index (χ0) is 20.4. The first-order chi connectivity index (χ1) is 14.0. The van der Waals surface area contributed by atoms with E-state index in [0.29, 0.717) is 12.1 Å². The molecule has 4 nitrogen and oxygen atoms in total. The zero-order valence-electron chi connectivity index (χ0n) is 16.4. The molecule has 1 aromatic heterocycles. The van der Waals surface area contributed by atoms with Crippen LogP contribution in [-0.4, -0.2) is 15.7 Å². The van der Waals surface area contributed by atoms with Gasteiger partial charge in [0, 0.05) is 10.9 Å². The Morgan fingerprint density at radius 3 is 2.52 bits per heavy atom. The molecule has 4 rings (SSSR count). The second-order valence-corrected chi connectivity index (χ2v) is 7.31. The highest BCUT2D eigenvalue weighted by Crippen LogP contribution is 2.19. The van der Waals surface area contributed by atoms with E-state index in [1.165, 1.54) is 17.7 Å². The Hall–Kier alpha value is -3.47. The highest BCUT2D eigenvalue weighted by atomic mass is 19.1. The number of nitrogens with one attached hydrogen (secondary N) is 1. The molecule has 0 saturated heterocycles. The summed E-state index contributed by atoms with van der Waals surface area (Å²) < 4.78 is 15.0. The molecule has 1 atom stereocenters. The first-order valence-corrected chi connectivity index (χ1v) is 9.57. The largest absolute Gasteiger partial charge is 0.346 e. The summed E-state index contributed by atoms with van der Waals surface area (Å²) >= 11 is 0. The molecule has 0 bridgehead atoms. The maximum Gasteiger partial charge on any atom is 0.251 e. The standard InChI is InChI=1S/C24H22FN3O/c1-16-3-5-18(6-4-16)15-28-23-13-20(7-8-21(23)14-26-28)24(29)27-17(2)19-9-11-22(25)12-10-19/h3-14,17H,15H2,1-2H3,(H,27,29). The fourth-order valence-corrected chi connectivity index (χ4v) is 3.32. The van der Waals surface area contributed by atoms with Crippen LogP contribution in [0.4, 0.5) is 4.39 Å². The third-order valence-electron chi connectivity index (χ3n) is 5.08. The molecule has 1 amide bonds. The maximum atomic E-state index is 13.1. The van der Waals surface area contributed by atoms with Crippen LogP contribution in [0.15, 0.2) is 72.9 Å². The van der Waals surface area contributed by atoms with E-state index in [9.17, 15) is 9.18 Å². The summed E-state index contributed by atoms with van der Waals surface area (Å²) in [6.45, 7) is 4.58. The first-order valence-electron chi connectivity index (χ1n) is 9.57. The van der Waals surface area contributed by atoms with Crippen LogP contribution in [0.25, 0.3) is 10.9 Å². The zero-order valence-corrected chi connectivity index (χ0v) is 16.4. The SMILES string of the molecule is Cc1ccc(Cn2ncc3ccc(C(=O)NC(C)c4ccc(F)cc4)cc32)cc1. The van der Waals surface area contributed by atoms with Crippen LogP contribution >= 0.6 is 0 Å². The fraction of sp³-hybridized carbons (Fsp3) is 0.167. The van der Waals surface area contributed by atoms with Crippen molar-refractivity contribution in [1.29, 1.82) is 0 Å². The summed E-state index contributed by atoms with van der Waals surface area (Å²) in [4.78, 5) is 12.8. The molecule has 1 N–H and O–H groups in total. The van der Waals surface area contributed by atoms with Gasteiger partial charge in [-0.2, -0.15) is 5.10 Å². The third kappa shape index (κ3) is 4.19. The van der Waals surface area contributed by atoms with Crippen LogP contribution in [0.3, 0.4) is 0 Å². The van der Waals surface area contributed by atoms with Crippen molar-refractivity contribution in [3.63, 3.8) is 0 Å². The van der Waals surface area contributed by atoms with E-state index in [1.807, 2.05) is 29.9 Å². The lowest BCUT2D eigenvalue weighted by Gasteiger charge is -2.14. The van der Waals surface area contributed by atoms with Gasteiger partial charge >= 0.3 is 0 Å². The van der Waals surface area contributed by atoms with E-state index in [0.717, 1.165) is 22.0 Å². The summed E-state index contributed by atoms with van der Waals surface area (Å²) in [6, 6.07) is 19.8. The van der Waals surface area contributed by atoms with Crippen molar-refractivity contribution < 1.29 is 9.18 Å². The first kappa shape index (κ1) is 18.9. The number of amides is 1. The molecule has 3 aromatic carbocycles. The Bertz CT molecular complexity index is 1150. The predicted molar refractivity (Wildman–Crippen MR) is 112 cm³/mol. The number of carbonyl (C=O) groups excluding carboxylic acids is 1. The number of halogens is 1. The number of benzene rings is 3. The van der Waals surface area contributed by atoms with Gasteiger partial charge in [0.15, 0.2) is 0 Å². The Morgan fingerprint density at radius 1 is 1.07 bits per heavy atom. The summed E-state index contributed by atoms with van der Waals surface area (Å²) in [5.41, 5.74) is 4.70.